The number of nitrogens with one attached hydrogen (secondary N) is 1. The second-order valence-corrected chi connectivity index (χ2v) is 6.65. The maximum absolute atomic E-state index is 12.1. The number of thiophene rings is 1. The lowest BCUT2D eigenvalue weighted by atomic mass is 10.1. The quantitative estimate of drug-likeness (QED) is 0.490. The molecule has 1 heterocycles. The predicted molar refractivity (Wildman–Crippen MR) is 89.3 cm³/mol. The number of benzene rings is 1. The van der Waals surface area contributed by atoms with Gasteiger partial charge in [-0.05, 0) is 29.5 Å². The molecule has 0 spiro atoms. The highest BCUT2D eigenvalue weighted by molar-refractivity contribution is 7.21. The summed E-state index contributed by atoms with van der Waals surface area (Å²) < 4.78 is 1.13. The number of hydrogen-bond acceptors (Lipinski definition) is 4. The molecular weight excluding hydrogens is 282 g/mol. The lowest BCUT2D eigenvalue weighted by Gasteiger charge is -2.22. The van der Waals surface area contributed by atoms with Crippen LogP contribution in [-0.4, -0.2) is 23.9 Å². The number of carbonyl (C=O) groups is 1. The van der Waals surface area contributed by atoms with Crippen LogP contribution < -0.4 is 11.3 Å². The van der Waals surface area contributed by atoms with Gasteiger partial charge < -0.3 is 0 Å². The molecule has 114 valence electrons. The number of hydrogen-bond donors (Lipinski definition) is 2. The van der Waals surface area contributed by atoms with Crippen molar-refractivity contribution in [1.82, 2.24) is 10.3 Å². The number of nitrogens with zero attached hydrogens (tertiary/aromatic N) is 1. The minimum atomic E-state index is -0.202. The van der Waals surface area contributed by atoms with Crippen LogP contribution in [-0.2, 0) is 6.54 Å². The van der Waals surface area contributed by atoms with Gasteiger partial charge >= 0.3 is 0 Å². The molecule has 0 radical (unpaired) electrons. The summed E-state index contributed by atoms with van der Waals surface area (Å²) in [6.07, 6.45) is 0. The first-order chi connectivity index (χ1) is 10.1. The van der Waals surface area contributed by atoms with E-state index in [9.17, 15) is 4.79 Å². The molecule has 0 saturated carbocycles. The summed E-state index contributed by atoms with van der Waals surface area (Å²) in [5, 5.41) is 1.16. The molecule has 0 aliphatic heterocycles. The molecule has 1 amide bonds. The zero-order chi connectivity index (χ0) is 15.4. The van der Waals surface area contributed by atoms with Crippen molar-refractivity contribution in [3.05, 3.63) is 34.7 Å². The van der Waals surface area contributed by atoms with E-state index in [0.717, 1.165) is 40.2 Å². The predicted octanol–water partition coefficient (Wildman–Crippen LogP) is 2.98. The van der Waals surface area contributed by atoms with Gasteiger partial charge in [0.25, 0.3) is 5.91 Å². The fourth-order valence-corrected chi connectivity index (χ4v) is 3.67. The number of nitrogens with two attached hydrogens (primary N) is 1. The molecule has 1 aromatic carbocycles. The van der Waals surface area contributed by atoms with E-state index in [0.29, 0.717) is 5.92 Å². The third kappa shape index (κ3) is 3.61. The van der Waals surface area contributed by atoms with Crippen LogP contribution in [0, 0.1) is 5.92 Å². The average Bonchev–Trinajstić information content (AvgIpc) is 2.84. The molecule has 3 N–H and O–H groups in total. The molecule has 0 aliphatic carbocycles. The number of nitrogen functional groups attached to an aromatic ring is 1. The van der Waals surface area contributed by atoms with Gasteiger partial charge in [0.1, 0.15) is 0 Å². The van der Waals surface area contributed by atoms with E-state index in [4.69, 9.17) is 5.84 Å². The van der Waals surface area contributed by atoms with Crippen LogP contribution in [0.15, 0.2) is 24.3 Å². The molecule has 1 aromatic heterocycles. The van der Waals surface area contributed by atoms with Crippen molar-refractivity contribution in [2.45, 2.75) is 27.3 Å². The van der Waals surface area contributed by atoms with E-state index in [1.165, 1.54) is 11.3 Å². The Morgan fingerprint density at radius 2 is 2.10 bits per heavy atom. The Balaban J connectivity index is 2.42. The zero-order valence-electron chi connectivity index (χ0n) is 12.8. The molecule has 21 heavy (non-hydrogen) atoms. The van der Waals surface area contributed by atoms with Gasteiger partial charge in [0.15, 0.2) is 0 Å². The molecule has 4 nitrogen and oxygen atoms in total. The first-order valence-corrected chi connectivity index (χ1v) is 8.12. The third-order valence-electron chi connectivity index (χ3n) is 3.49. The van der Waals surface area contributed by atoms with Gasteiger partial charge in [-0.15, -0.1) is 11.3 Å². The minimum absolute atomic E-state index is 0.202. The molecule has 5 heteroatoms. The summed E-state index contributed by atoms with van der Waals surface area (Å²) >= 11 is 1.51. The van der Waals surface area contributed by atoms with E-state index in [1.807, 2.05) is 12.1 Å². The summed E-state index contributed by atoms with van der Waals surface area (Å²) in [7, 11) is 0. The topological polar surface area (TPSA) is 58.4 Å². The highest BCUT2D eigenvalue weighted by Crippen LogP contribution is 2.32. The van der Waals surface area contributed by atoms with E-state index in [1.54, 1.807) is 0 Å². The molecular formula is C16H23N3OS. The van der Waals surface area contributed by atoms with Crippen molar-refractivity contribution in [3.63, 3.8) is 0 Å². The van der Waals surface area contributed by atoms with Gasteiger partial charge in [-0.25, -0.2) is 5.84 Å². The van der Waals surface area contributed by atoms with Crippen molar-refractivity contribution in [1.29, 1.82) is 0 Å². The van der Waals surface area contributed by atoms with E-state index in [2.05, 4.69) is 43.2 Å². The molecule has 0 aliphatic rings. The van der Waals surface area contributed by atoms with Crippen molar-refractivity contribution >= 4 is 27.3 Å². The lowest BCUT2D eigenvalue weighted by molar-refractivity contribution is 0.0956. The molecule has 0 fully saturated rings. The fourth-order valence-electron chi connectivity index (χ4n) is 2.55. The smallest absolute Gasteiger partial charge is 0.275 e. The van der Waals surface area contributed by atoms with E-state index >= 15 is 0 Å². The number of rotatable bonds is 6. The molecule has 0 unspecified atom stereocenters. The van der Waals surface area contributed by atoms with Gasteiger partial charge in [-0.2, -0.15) is 0 Å². The first kappa shape index (κ1) is 15.9. The van der Waals surface area contributed by atoms with Gasteiger partial charge in [-0.3, -0.25) is 15.1 Å². The maximum atomic E-state index is 12.1. The molecule has 0 saturated heterocycles. The number of fused-ring (bicyclic) bond motifs is 1. The van der Waals surface area contributed by atoms with Crippen molar-refractivity contribution in [2.75, 3.05) is 13.1 Å². The Kier molecular flexibility index (Phi) is 5.33. The first-order valence-electron chi connectivity index (χ1n) is 7.30. The second kappa shape index (κ2) is 7.02. The fraction of sp³-hybridized carbons (Fsp3) is 0.438. The summed E-state index contributed by atoms with van der Waals surface area (Å²) in [5.41, 5.74) is 3.35. The lowest BCUT2D eigenvalue weighted by Crippen LogP contribution is -2.32. The Hall–Kier alpha value is -1.43. The average molecular weight is 305 g/mol. The van der Waals surface area contributed by atoms with Crippen LogP contribution >= 0.6 is 11.3 Å². The summed E-state index contributed by atoms with van der Waals surface area (Å²) in [6.45, 7) is 9.33. The van der Waals surface area contributed by atoms with Crippen molar-refractivity contribution in [3.8, 4) is 0 Å². The normalized spacial score (nSPS) is 11.5. The maximum Gasteiger partial charge on any atom is 0.275 e. The third-order valence-corrected chi connectivity index (χ3v) is 4.70. The Labute approximate surface area is 129 Å². The molecule has 0 bridgehead atoms. The van der Waals surface area contributed by atoms with Gasteiger partial charge in [0.2, 0.25) is 0 Å². The summed E-state index contributed by atoms with van der Waals surface area (Å²) in [6, 6.07) is 8.15. The van der Waals surface area contributed by atoms with Crippen LogP contribution in [0.4, 0.5) is 0 Å². The largest absolute Gasteiger partial charge is 0.299 e. The van der Waals surface area contributed by atoms with Crippen LogP contribution in [0.2, 0.25) is 0 Å². The van der Waals surface area contributed by atoms with Crippen LogP contribution in [0.3, 0.4) is 0 Å². The van der Waals surface area contributed by atoms with Crippen LogP contribution in [0.25, 0.3) is 10.1 Å². The SMILES string of the molecule is CCN(Cc1c(C(=O)NN)sc2ccccc12)CC(C)C. The molecule has 2 aromatic rings. The number of amides is 1. The second-order valence-electron chi connectivity index (χ2n) is 5.60. The van der Waals surface area contributed by atoms with Gasteiger partial charge in [0.05, 0.1) is 4.88 Å². The molecule has 2 rings (SSSR count). The standard InChI is InChI=1S/C16H23N3OS/c1-4-19(9-11(2)3)10-13-12-7-5-6-8-14(12)21-15(13)16(20)18-17/h5-8,11H,4,9-10,17H2,1-3H3,(H,18,20). The highest BCUT2D eigenvalue weighted by atomic mass is 32.1. The number of carbonyl (C=O) groups excluding carboxylic acids is 1. The van der Waals surface area contributed by atoms with Crippen molar-refractivity contribution in [2.24, 2.45) is 11.8 Å². The Morgan fingerprint density at radius 3 is 2.71 bits per heavy atom. The van der Waals surface area contributed by atoms with Gasteiger partial charge in [-0.1, -0.05) is 39.0 Å². The summed E-state index contributed by atoms with van der Waals surface area (Å²) in [5.74, 6) is 5.73. The zero-order valence-corrected chi connectivity index (χ0v) is 13.7. The van der Waals surface area contributed by atoms with Crippen molar-refractivity contribution < 1.29 is 4.79 Å². The number of hydrazine groups is 1. The monoisotopic (exact) mass is 305 g/mol. The Bertz CT molecular complexity index is 621. The van der Waals surface area contributed by atoms with E-state index in [-0.39, 0.29) is 5.91 Å². The van der Waals surface area contributed by atoms with Crippen LogP contribution in [0.5, 0.6) is 0 Å². The van der Waals surface area contributed by atoms with E-state index < -0.39 is 0 Å². The molecule has 0 atom stereocenters. The minimum Gasteiger partial charge on any atom is -0.299 e. The van der Waals surface area contributed by atoms with Gasteiger partial charge in [0, 0.05) is 17.8 Å². The Morgan fingerprint density at radius 1 is 1.38 bits per heavy atom. The summed E-state index contributed by atoms with van der Waals surface area (Å²) in [4.78, 5) is 15.1. The van der Waals surface area contributed by atoms with Crippen LogP contribution in [0.1, 0.15) is 36.0 Å². The highest BCUT2D eigenvalue weighted by Gasteiger charge is 2.19.